The molecule has 1 fully saturated rings. The maximum Gasteiger partial charge on any atom is 0.256 e. The third-order valence-corrected chi connectivity index (χ3v) is 6.19. The number of sulfonamides is 1. The van der Waals surface area contributed by atoms with E-state index in [-0.39, 0.29) is 11.7 Å². The Bertz CT molecular complexity index is 798. The molecule has 3 rings (SSSR count). The van der Waals surface area contributed by atoms with Crippen LogP contribution in [0.1, 0.15) is 22.3 Å². The lowest BCUT2D eigenvalue weighted by molar-refractivity contribution is 0.102. The standard InChI is InChI=1S/C15H16N2O3S2/c1-11-3-4-13(17-6-2-8-22(17,19)20)9-14(11)16-15(18)12-5-7-21-10-12/h3-5,7,9-10H,2,6,8H2,1H3,(H,16,18). The summed E-state index contributed by atoms with van der Waals surface area (Å²) in [6.45, 7) is 2.37. The monoisotopic (exact) mass is 336 g/mol. The molecular weight excluding hydrogens is 320 g/mol. The molecule has 0 atom stereocenters. The molecule has 2 aromatic rings. The quantitative estimate of drug-likeness (QED) is 0.937. The highest BCUT2D eigenvalue weighted by Crippen LogP contribution is 2.28. The number of thiophene rings is 1. The summed E-state index contributed by atoms with van der Waals surface area (Å²) in [5.74, 6) is -0.0110. The minimum absolute atomic E-state index is 0.178. The van der Waals surface area contributed by atoms with Gasteiger partial charge in [0.1, 0.15) is 0 Å². The number of aryl methyl sites for hydroxylation is 1. The summed E-state index contributed by atoms with van der Waals surface area (Å²) in [6.07, 6.45) is 0.632. The number of benzene rings is 1. The predicted molar refractivity (Wildman–Crippen MR) is 89.2 cm³/mol. The first-order valence-corrected chi connectivity index (χ1v) is 9.47. The smallest absolute Gasteiger partial charge is 0.256 e. The van der Waals surface area contributed by atoms with Gasteiger partial charge in [-0.3, -0.25) is 9.10 Å². The Balaban J connectivity index is 1.89. The highest BCUT2D eigenvalue weighted by molar-refractivity contribution is 7.93. The molecule has 1 aromatic heterocycles. The van der Waals surface area contributed by atoms with Crippen LogP contribution in [0.15, 0.2) is 35.0 Å². The van der Waals surface area contributed by atoms with Gasteiger partial charge in [-0.05, 0) is 42.5 Å². The van der Waals surface area contributed by atoms with Crippen molar-refractivity contribution < 1.29 is 13.2 Å². The molecule has 0 saturated carbocycles. The van der Waals surface area contributed by atoms with E-state index in [2.05, 4.69) is 5.32 Å². The Hall–Kier alpha value is -1.86. The molecule has 1 aromatic carbocycles. The van der Waals surface area contributed by atoms with Gasteiger partial charge in [0, 0.05) is 17.6 Å². The summed E-state index contributed by atoms with van der Waals surface area (Å²) in [5, 5.41) is 6.47. The Morgan fingerprint density at radius 3 is 2.77 bits per heavy atom. The molecule has 0 aliphatic carbocycles. The second-order valence-corrected chi connectivity index (χ2v) is 8.00. The van der Waals surface area contributed by atoms with Crippen molar-refractivity contribution >= 4 is 38.6 Å². The maximum absolute atomic E-state index is 12.2. The summed E-state index contributed by atoms with van der Waals surface area (Å²) >= 11 is 1.46. The molecule has 1 amide bonds. The first-order chi connectivity index (χ1) is 10.5. The number of hydrogen-bond donors (Lipinski definition) is 1. The molecular formula is C15H16N2O3S2. The minimum atomic E-state index is -3.22. The molecule has 116 valence electrons. The van der Waals surface area contributed by atoms with E-state index in [0.717, 1.165) is 5.56 Å². The molecule has 0 unspecified atom stereocenters. The van der Waals surface area contributed by atoms with Crippen molar-refractivity contribution in [2.45, 2.75) is 13.3 Å². The van der Waals surface area contributed by atoms with E-state index in [1.165, 1.54) is 15.6 Å². The Morgan fingerprint density at radius 2 is 2.14 bits per heavy atom. The van der Waals surface area contributed by atoms with Crippen LogP contribution in [0.5, 0.6) is 0 Å². The van der Waals surface area contributed by atoms with Crippen molar-refractivity contribution in [3.05, 3.63) is 46.2 Å². The SMILES string of the molecule is Cc1ccc(N2CCCS2(=O)=O)cc1NC(=O)c1ccsc1. The van der Waals surface area contributed by atoms with E-state index < -0.39 is 10.0 Å². The molecule has 7 heteroatoms. The Kier molecular flexibility index (Phi) is 3.92. The number of amides is 1. The van der Waals surface area contributed by atoms with E-state index in [4.69, 9.17) is 0 Å². The van der Waals surface area contributed by atoms with Gasteiger partial charge in [0.2, 0.25) is 10.0 Å². The molecule has 1 saturated heterocycles. The van der Waals surface area contributed by atoms with Gasteiger partial charge in [0.15, 0.2) is 0 Å². The molecule has 1 aliphatic heterocycles. The lowest BCUT2D eigenvalue weighted by Crippen LogP contribution is -2.25. The molecule has 1 N–H and O–H groups in total. The number of nitrogens with one attached hydrogen (secondary N) is 1. The van der Waals surface area contributed by atoms with Gasteiger partial charge in [-0.25, -0.2) is 8.42 Å². The van der Waals surface area contributed by atoms with Gasteiger partial charge in [-0.1, -0.05) is 6.07 Å². The van der Waals surface area contributed by atoms with Gasteiger partial charge in [-0.15, -0.1) is 0 Å². The van der Waals surface area contributed by atoms with Crippen LogP contribution in [0.2, 0.25) is 0 Å². The fourth-order valence-electron chi connectivity index (χ4n) is 2.42. The molecule has 2 heterocycles. The fraction of sp³-hybridized carbons (Fsp3) is 0.267. The second-order valence-electron chi connectivity index (χ2n) is 5.21. The van der Waals surface area contributed by atoms with Crippen LogP contribution < -0.4 is 9.62 Å². The maximum atomic E-state index is 12.2. The van der Waals surface area contributed by atoms with Crippen molar-refractivity contribution in [3.63, 3.8) is 0 Å². The lowest BCUT2D eigenvalue weighted by Gasteiger charge is -2.19. The summed E-state index contributed by atoms with van der Waals surface area (Å²) in [4.78, 5) is 12.2. The Morgan fingerprint density at radius 1 is 1.32 bits per heavy atom. The molecule has 0 radical (unpaired) electrons. The number of rotatable bonds is 3. The predicted octanol–water partition coefficient (Wildman–Crippen LogP) is 2.85. The van der Waals surface area contributed by atoms with Crippen molar-refractivity contribution in [2.75, 3.05) is 21.9 Å². The third-order valence-electron chi connectivity index (χ3n) is 3.64. The number of carbonyl (C=O) groups excluding carboxylic acids is 1. The normalized spacial score (nSPS) is 16.7. The highest BCUT2D eigenvalue weighted by Gasteiger charge is 2.28. The number of carbonyl (C=O) groups is 1. The van der Waals surface area contributed by atoms with E-state index in [0.29, 0.717) is 29.9 Å². The van der Waals surface area contributed by atoms with Crippen LogP contribution in [-0.4, -0.2) is 26.6 Å². The van der Waals surface area contributed by atoms with Gasteiger partial charge in [0.05, 0.1) is 17.0 Å². The zero-order valence-corrected chi connectivity index (χ0v) is 13.7. The van der Waals surface area contributed by atoms with E-state index in [1.807, 2.05) is 18.4 Å². The number of anilines is 2. The zero-order valence-electron chi connectivity index (χ0n) is 12.1. The molecule has 5 nitrogen and oxygen atoms in total. The average molecular weight is 336 g/mol. The van der Waals surface area contributed by atoms with E-state index in [9.17, 15) is 13.2 Å². The number of nitrogens with zero attached hydrogens (tertiary/aromatic N) is 1. The Labute approximate surface area is 133 Å². The first kappa shape index (κ1) is 15.1. The van der Waals surface area contributed by atoms with Crippen LogP contribution in [0, 0.1) is 6.92 Å². The second kappa shape index (κ2) is 5.73. The van der Waals surface area contributed by atoms with Crippen molar-refractivity contribution in [1.82, 2.24) is 0 Å². The van der Waals surface area contributed by atoms with Gasteiger partial charge >= 0.3 is 0 Å². The molecule has 1 aliphatic rings. The van der Waals surface area contributed by atoms with Gasteiger partial charge in [0.25, 0.3) is 5.91 Å². The average Bonchev–Trinajstić information content (AvgIpc) is 3.10. The first-order valence-electron chi connectivity index (χ1n) is 6.92. The summed E-state index contributed by atoms with van der Waals surface area (Å²) in [7, 11) is -3.22. The van der Waals surface area contributed by atoms with Crippen LogP contribution >= 0.6 is 11.3 Å². The minimum Gasteiger partial charge on any atom is -0.322 e. The topological polar surface area (TPSA) is 66.5 Å². The van der Waals surface area contributed by atoms with Crippen molar-refractivity contribution in [1.29, 1.82) is 0 Å². The van der Waals surface area contributed by atoms with Gasteiger partial charge < -0.3 is 5.32 Å². The van der Waals surface area contributed by atoms with E-state index >= 15 is 0 Å². The summed E-state index contributed by atoms with van der Waals surface area (Å²) in [6, 6.07) is 7.08. The van der Waals surface area contributed by atoms with Crippen LogP contribution in [0.3, 0.4) is 0 Å². The van der Waals surface area contributed by atoms with Crippen LogP contribution in [0.4, 0.5) is 11.4 Å². The molecule has 0 bridgehead atoms. The van der Waals surface area contributed by atoms with Gasteiger partial charge in [-0.2, -0.15) is 11.3 Å². The van der Waals surface area contributed by atoms with Crippen LogP contribution in [-0.2, 0) is 10.0 Å². The van der Waals surface area contributed by atoms with Crippen molar-refractivity contribution in [3.8, 4) is 0 Å². The highest BCUT2D eigenvalue weighted by atomic mass is 32.2. The number of hydrogen-bond acceptors (Lipinski definition) is 4. The molecule has 22 heavy (non-hydrogen) atoms. The largest absolute Gasteiger partial charge is 0.322 e. The van der Waals surface area contributed by atoms with Crippen LogP contribution in [0.25, 0.3) is 0 Å². The summed E-state index contributed by atoms with van der Waals surface area (Å²) < 4.78 is 25.4. The summed E-state index contributed by atoms with van der Waals surface area (Å²) in [5.41, 5.74) is 2.73. The molecule has 0 spiro atoms. The zero-order chi connectivity index (χ0) is 15.7. The van der Waals surface area contributed by atoms with E-state index in [1.54, 1.807) is 23.6 Å². The lowest BCUT2D eigenvalue weighted by atomic mass is 10.1. The fourth-order valence-corrected chi connectivity index (χ4v) is 4.61. The van der Waals surface area contributed by atoms with Crippen molar-refractivity contribution in [2.24, 2.45) is 0 Å². The third kappa shape index (κ3) is 2.86.